The summed E-state index contributed by atoms with van der Waals surface area (Å²) in [4.78, 5) is 61.9. The van der Waals surface area contributed by atoms with Crippen LogP contribution in [0.25, 0.3) is 144 Å². The molecule has 8 nitrogen and oxygen atoms in total. The number of aromatic nitrogens is 2. The van der Waals surface area contributed by atoms with Gasteiger partial charge in [-0.2, -0.15) is 0 Å². The zero-order valence-electron chi connectivity index (χ0n) is 85.3. The van der Waals surface area contributed by atoms with Crippen molar-refractivity contribution in [3.63, 3.8) is 0 Å². The lowest BCUT2D eigenvalue weighted by molar-refractivity contribution is 0.0979. The molecule has 2 aliphatic carbocycles. The van der Waals surface area contributed by atoms with Gasteiger partial charge in [0.15, 0.2) is 23.1 Å². The van der Waals surface area contributed by atoms with Gasteiger partial charge >= 0.3 is 0 Å². The zero-order chi connectivity index (χ0) is 102. The van der Waals surface area contributed by atoms with Crippen LogP contribution in [0.5, 0.6) is 0 Å². The fourth-order valence-electron chi connectivity index (χ4n) is 21.3. The largest absolute Gasteiger partial charge is 0.311 e. The van der Waals surface area contributed by atoms with E-state index in [1.807, 2.05) is 97.1 Å². The first-order valence-electron chi connectivity index (χ1n) is 51.1. The van der Waals surface area contributed by atoms with Crippen LogP contribution in [0.1, 0.15) is 169 Å². The molecular weight excluding hydrogens is 1800 g/mol. The zero-order valence-corrected chi connectivity index (χ0v) is 85.3. The summed E-state index contributed by atoms with van der Waals surface area (Å²) in [7, 11) is 0. The Morgan fingerprint density at radius 2 is 0.318 bits per heavy atom. The number of benzene rings is 20. The number of rotatable bonds is 16. The quantitative estimate of drug-likeness (QED) is 0.0958. The Kier molecular flexibility index (Phi) is 23.8. The van der Waals surface area contributed by atoms with Crippen molar-refractivity contribution in [3.05, 3.63) is 528 Å². The van der Waals surface area contributed by atoms with Crippen LogP contribution in [-0.4, -0.2) is 32.3 Å². The number of hydrogen-bond donors (Lipinski definition) is 0. The normalized spacial score (nSPS) is 12.5. The molecule has 20 aromatic carbocycles. The number of hydrogen-bond acceptors (Lipinski definition) is 6. The number of fused-ring (bicyclic) bond motifs is 10. The lowest BCUT2D eigenvalue weighted by Crippen LogP contribution is -2.21. The molecule has 0 radical (unpaired) electrons. The fraction of sp³-hybridized carbons (Fsp3) is 0.114. The molecule has 0 N–H and O–H groups in total. The summed E-state index contributed by atoms with van der Waals surface area (Å²) in [6.07, 6.45) is 0. The molecule has 2 aliphatic rings. The van der Waals surface area contributed by atoms with E-state index >= 15 is 0 Å². The van der Waals surface area contributed by atoms with Crippen molar-refractivity contribution in [2.75, 3.05) is 9.80 Å². The Morgan fingerprint density at radius 3 is 0.500 bits per heavy atom. The van der Waals surface area contributed by atoms with Gasteiger partial charge in [0, 0.05) is 112 Å². The molecule has 0 spiro atoms. The second-order valence-electron chi connectivity index (χ2n) is 43.5. The smallest absolute Gasteiger partial charge is 0.194 e. The topological polar surface area (TPSA) is 84.6 Å². The Balaban J connectivity index is 0.000000164. The van der Waals surface area contributed by atoms with Crippen molar-refractivity contribution in [3.8, 4) is 100 Å². The average Bonchev–Trinajstić information content (AvgIpc) is 1.57. The Morgan fingerprint density at radius 1 is 0.155 bits per heavy atom. The van der Waals surface area contributed by atoms with Crippen LogP contribution < -0.4 is 9.80 Å². The molecule has 148 heavy (non-hydrogen) atoms. The molecule has 0 saturated carbocycles. The summed E-state index contributed by atoms with van der Waals surface area (Å²) < 4.78 is 4.72. The lowest BCUT2D eigenvalue weighted by atomic mass is 9.81. The van der Waals surface area contributed by atoms with Gasteiger partial charge in [-0.3, -0.25) is 19.2 Å². The van der Waals surface area contributed by atoms with Crippen molar-refractivity contribution in [2.24, 2.45) is 0 Å². The van der Waals surface area contributed by atoms with Gasteiger partial charge in [0.25, 0.3) is 0 Å². The Hall–Kier alpha value is -17.7. The molecule has 2 heterocycles. The first-order valence-corrected chi connectivity index (χ1v) is 51.1. The van der Waals surface area contributed by atoms with E-state index in [9.17, 15) is 19.2 Å². The van der Waals surface area contributed by atoms with Crippen LogP contribution >= 0.6 is 0 Å². The highest BCUT2D eigenvalue weighted by molar-refractivity contribution is 6.30. The molecule has 0 unspecified atom stereocenters. The fourth-order valence-corrected chi connectivity index (χ4v) is 21.3. The minimum atomic E-state index is -0.156. The summed E-state index contributed by atoms with van der Waals surface area (Å²) in [6, 6.07) is 160. The molecule has 0 aliphatic heterocycles. The Labute approximate surface area is 865 Å². The highest BCUT2D eigenvalue weighted by Gasteiger charge is 2.34. The third-order valence-corrected chi connectivity index (χ3v) is 29.8. The summed E-state index contributed by atoms with van der Waals surface area (Å²) in [5.74, 6) is -0.572. The van der Waals surface area contributed by atoms with Crippen LogP contribution in [0, 0.1) is 0 Å². The maximum atomic E-state index is 14.4. The minimum Gasteiger partial charge on any atom is -0.311 e. The summed E-state index contributed by atoms with van der Waals surface area (Å²) in [5.41, 5.74) is 38.3. The monoisotopic (exact) mass is 1910 g/mol. The Bertz CT molecular complexity index is 8110. The number of carbonyl (C=O) groups excluding carboxylic acids is 4. The van der Waals surface area contributed by atoms with Crippen LogP contribution in [-0.2, 0) is 21.7 Å². The first kappa shape index (κ1) is 93.9. The summed E-state index contributed by atoms with van der Waals surface area (Å²) >= 11 is 0. The molecule has 0 saturated heterocycles. The third-order valence-electron chi connectivity index (χ3n) is 29.8. The predicted octanol–water partition coefficient (Wildman–Crippen LogP) is 36.6. The highest BCUT2D eigenvalue weighted by atomic mass is 16.1. The highest BCUT2D eigenvalue weighted by Crippen LogP contribution is 2.47. The number of carbonyl (C=O) groups is 4. The van der Waals surface area contributed by atoms with Crippen molar-refractivity contribution < 1.29 is 19.2 Å². The van der Waals surface area contributed by atoms with Crippen molar-refractivity contribution in [1.82, 2.24) is 9.13 Å². The average molecular weight is 1910 g/mol. The second kappa shape index (κ2) is 37.5. The van der Waals surface area contributed by atoms with E-state index < -0.39 is 0 Å². The maximum Gasteiger partial charge on any atom is 0.194 e. The molecule has 0 fully saturated rings. The maximum absolute atomic E-state index is 14.4. The summed E-state index contributed by atoms with van der Waals surface area (Å²) in [6.45, 7) is 27.2. The van der Waals surface area contributed by atoms with Gasteiger partial charge in [-0.25, -0.2) is 0 Å². The van der Waals surface area contributed by atoms with E-state index in [0.717, 1.165) is 112 Å². The van der Waals surface area contributed by atoms with Crippen LogP contribution in [0.4, 0.5) is 34.1 Å². The third kappa shape index (κ3) is 17.7. The molecule has 716 valence electrons. The molecule has 2 aromatic heterocycles. The van der Waals surface area contributed by atoms with Crippen molar-refractivity contribution >= 4 is 101 Å². The minimum absolute atomic E-state index is 0.0248. The predicted molar refractivity (Wildman–Crippen MR) is 616 cm³/mol. The molecule has 8 heteroatoms. The van der Waals surface area contributed by atoms with Crippen molar-refractivity contribution in [2.45, 2.75) is 105 Å². The van der Waals surface area contributed by atoms with E-state index in [2.05, 4.69) is 466 Å². The van der Waals surface area contributed by atoms with Gasteiger partial charge in [-0.15, -0.1) is 0 Å². The number of ketones is 4. The van der Waals surface area contributed by atoms with Crippen LogP contribution in [0.2, 0.25) is 0 Å². The second-order valence-corrected chi connectivity index (χ2v) is 43.5. The number of anilines is 6. The van der Waals surface area contributed by atoms with E-state index in [4.69, 9.17) is 0 Å². The van der Waals surface area contributed by atoms with Gasteiger partial charge in [-0.1, -0.05) is 350 Å². The van der Waals surface area contributed by atoms with Crippen LogP contribution in [0.3, 0.4) is 0 Å². The van der Waals surface area contributed by atoms with Gasteiger partial charge in [0.05, 0.1) is 22.1 Å². The standard InChI is InChI=1S/C74H50N2O2.C66H62N2O2/c77-73-70-48-34-62(60-31-45-68(46-32-60)76(65-39-25-57(26-40-65)53-17-9-3-10-18-53)66-41-27-58(28-42-66)54-19-11-4-12-20-54)50-72(70)74(78)69-47-33-61(49-71(69)73)59-29-43-67(44-30-59)75(63-35-21-55(22-36-63)51-13-5-1-6-14-51)64-37-23-56(24-38-64)52-15-7-2-8-16-52;1-63(2,3)43-19-29-57-51(35-43)52-36-44(64(4,5)6)20-30-58(52)67(57)47-23-13-39(14-24-47)41-17-27-49-55(33-41)61(69)50-28-18-42(34-56(50)62(49)70)40-15-25-48(26-16-40)68-59-31-21-45(65(7,8)9)37-53(59)54-38-46(66(10,11)12)22-32-60(54)68/h1-50H;13-38H,1-12H3. The first-order chi connectivity index (χ1) is 71.5. The van der Waals surface area contributed by atoms with E-state index in [0.29, 0.717) is 44.5 Å². The van der Waals surface area contributed by atoms with E-state index in [1.54, 1.807) is 0 Å². The van der Waals surface area contributed by atoms with Gasteiger partial charge in [0.1, 0.15) is 0 Å². The molecule has 0 amide bonds. The molecule has 24 rings (SSSR count). The molecule has 22 aromatic rings. The van der Waals surface area contributed by atoms with Gasteiger partial charge in [-0.05, 0) is 327 Å². The molecule has 0 atom stereocenters. The summed E-state index contributed by atoms with van der Waals surface area (Å²) in [5, 5.41) is 5.00. The SMILES string of the molecule is CC(C)(C)c1ccc2c(c1)c1cc(C(C)(C)C)ccc1n2-c1ccc(-c2ccc3c(c2)C(=O)c2ccc(-c4ccc(-n5c6ccc(C(C)(C)C)cc6c6cc(C(C)(C)C)ccc65)cc4)cc2C3=O)cc1.O=C1c2ccc(-c3ccc(N(c4ccc(-c5ccccc5)cc4)c4ccc(-c5ccccc5)cc4)cc3)cc2C(=O)c2ccc(-c3ccc(N(c4ccc(-c5ccccc5)cc4)c4ccc(-c5ccccc5)cc4)cc3)cc21. The van der Waals surface area contributed by atoms with Gasteiger partial charge in [0.2, 0.25) is 0 Å². The van der Waals surface area contributed by atoms with E-state index in [1.165, 1.54) is 88.1 Å². The molecular formula is C140H112N4O4. The van der Waals surface area contributed by atoms with Crippen molar-refractivity contribution in [1.29, 1.82) is 0 Å². The van der Waals surface area contributed by atoms with Gasteiger partial charge < -0.3 is 18.9 Å². The lowest BCUT2D eigenvalue weighted by Gasteiger charge is -2.26. The number of nitrogens with zero attached hydrogens (tertiary/aromatic N) is 4. The van der Waals surface area contributed by atoms with E-state index in [-0.39, 0.29) is 44.8 Å². The van der Waals surface area contributed by atoms with Crippen LogP contribution in [0.15, 0.2) is 461 Å². The molecule has 0 bridgehead atoms.